The van der Waals surface area contributed by atoms with Crippen molar-refractivity contribution < 1.29 is 18.8 Å². The highest BCUT2D eigenvalue weighted by atomic mass is 16.5. The lowest BCUT2D eigenvalue weighted by Gasteiger charge is -2.25. The lowest BCUT2D eigenvalue weighted by atomic mass is 10.2. The van der Waals surface area contributed by atoms with E-state index >= 15 is 0 Å². The van der Waals surface area contributed by atoms with E-state index in [-0.39, 0.29) is 24.9 Å². The number of rotatable bonds is 7. The number of pyridine rings is 1. The molecular formula is C16H20N4O4. The van der Waals surface area contributed by atoms with Gasteiger partial charge in [-0.3, -0.25) is 14.6 Å². The molecule has 0 aliphatic carbocycles. The van der Waals surface area contributed by atoms with Gasteiger partial charge in [0.15, 0.2) is 0 Å². The van der Waals surface area contributed by atoms with E-state index in [0.29, 0.717) is 23.8 Å². The smallest absolute Gasteiger partial charge is 0.325 e. The first-order chi connectivity index (χ1) is 11.5. The molecule has 1 amide bonds. The summed E-state index contributed by atoms with van der Waals surface area (Å²) in [6.07, 6.45) is 2.10. The summed E-state index contributed by atoms with van der Waals surface area (Å²) in [4.78, 5) is 33.5. The number of hydrogen-bond donors (Lipinski definition) is 0. The SMILES string of the molecule is COC(=O)CN(C(=O)CCc1nc(-c2ccccn2)no1)C(C)C. The van der Waals surface area contributed by atoms with E-state index in [0.717, 1.165) is 0 Å². The number of methoxy groups -OCH3 is 1. The van der Waals surface area contributed by atoms with Crippen LogP contribution in [-0.2, 0) is 20.7 Å². The van der Waals surface area contributed by atoms with Crippen molar-refractivity contribution in [3.63, 3.8) is 0 Å². The van der Waals surface area contributed by atoms with Gasteiger partial charge in [0.2, 0.25) is 17.6 Å². The van der Waals surface area contributed by atoms with Gasteiger partial charge in [0.1, 0.15) is 12.2 Å². The number of carbonyl (C=O) groups is 2. The number of hydrogen-bond acceptors (Lipinski definition) is 7. The molecule has 0 aromatic carbocycles. The summed E-state index contributed by atoms with van der Waals surface area (Å²) in [6, 6.07) is 5.29. The lowest BCUT2D eigenvalue weighted by Crippen LogP contribution is -2.41. The van der Waals surface area contributed by atoms with Crippen molar-refractivity contribution in [3.05, 3.63) is 30.3 Å². The number of esters is 1. The van der Waals surface area contributed by atoms with Crippen LogP contribution in [0.5, 0.6) is 0 Å². The Morgan fingerprint density at radius 3 is 2.75 bits per heavy atom. The van der Waals surface area contributed by atoms with E-state index in [2.05, 4.69) is 19.9 Å². The van der Waals surface area contributed by atoms with E-state index < -0.39 is 5.97 Å². The third kappa shape index (κ3) is 4.61. The standard InChI is InChI=1S/C16H20N4O4/c1-11(2)20(10-15(22)23-3)14(21)8-7-13-18-16(19-24-13)12-6-4-5-9-17-12/h4-6,9,11H,7-8,10H2,1-3H3. The predicted octanol–water partition coefficient (Wildman–Crippen LogP) is 1.47. The second-order valence-corrected chi connectivity index (χ2v) is 5.42. The summed E-state index contributed by atoms with van der Waals surface area (Å²) in [5.74, 6) is 0.111. The second-order valence-electron chi connectivity index (χ2n) is 5.42. The fourth-order valence-electron chi connectivity index (χ4n) is 2.08. The van der Waals surface area contributed by atoms with Crippen LogP contribution in [-0.4, -0.2) is 51.6 Å². The van der Waals surface area contributed by atoms with E-state index in [9.17, 15) is 9.59 Å². The van der Waals surface area contributed by atoms with Gasteiger partial charge in [0, 0.05) is 25.1 Å². The van der Waals surface area contributed by atoms with Gasteiger partial charge in [-0.1, -0.05) is 11.2 Å². The molecule has 0 saturated heterocycles. The summed E-state index contributed by atoms with van der Waals surface area (Å²) in [7, 11) is 1.29. The fraction of sp³-hybridized carbons (Fsp3) is 0.438. The highest BCUT2D eigenvalue weighted by Crippen LogP contribution is 2.13. The molecule has 0 unspecified atom stereocenters. The third-order valence-corrected chi connectivity index (χ3v) is 3.39. The molecule has 128 valence electrons. The Labute approximate surface area is 139 Å². The van der Waals surface area contributed by atoms with Gasteiger partial charge >= 0.3 is 5.97 Å². The van der Waals surface area contributed by atoms with Gasteiger partial charge in [0.25, 0.3) is 0 Å². The van der Waals surface area contributed by atoms with Crippen molar-refractivity contribution in [1.29, 1.82) is 0 Å². The topological polar surface area (TPSA) is 98.4 Å². The van der Waals surface area contributed by atoms with E-state index in [1.165, 1.54) is 12.0 Å². The van der Waals surface area contributed by atoms with Crippen molar-refractivity contribution in [1.82, 2.24) is 20.0 Å². The molecular weight excluding hydrogens is 312 g/mol. The van der Waals surface area contributed by atoms with E-state index in [1.807, 2.05) is 19.9 Å². The van der Waals surface area contributed by atoms with Gasteiger partial charge in [-0.05, 0) is 26.0 Å². The monoisotopic (exact) mass is 332 g/mol. The van der Waals surface area contributed by atoms with Crippen molar-refractivity contribution in [3.8, 4) is 11.5 Å². The Bertz CT molecular complexity index is 684. The number of carbonyl (C=O) groups excluding carboxylic acids is 2. The molecule has 2 rings (SSSR count). The number of aromatic nitrogens is 3. The Morgan fingerprint density at radius 2 is 2.12 bits per heavy atom. The molecule has 0 fully saturated rings. The maximum absolute atomic E-state index is 12.3. The van der Waals surface area contributed by atoms with Crippen molar-refractivity contribution in [2.45, 2.75) is 32.7 Å². The minimum atomic E-state index is -0.452. The minimum absolute atomic E-state index is 0.0734. The van der Waals surface area contributed by atoms with Gasteiger partial charge in [-0.2, -0.15) is 4.98 Å². The van der Waals surface area contributed by atoms with E-state index in [1.54, 1.807) is 18.3 Å². The molecule has 2 aromatic heterocycles. The molecule has 0 spiro atoms. The van der Waals surface area contributed by atoms with Gasteiger partial charge < -0.3 is 14.2 Å². The van der Waals surface area contributed by atoms with Gasteiger partial charge in [-0.15, -0.1) is 0 Å². The maximum atomic E-state index is 12.3. The minimum Gasteiger partial charge on any atom is -0.468 e. The summed E-state index contributed by atoms with van der Waals surface area (Å²) in [5, 5.41) is 3.86. The number of ether oxygens (including phenoxy) is 1. The second kappa shape index (κ2) is 8.19. The number of amides is 1. The normalized spacial score (nSPS) is 10.7. The van der Waals surface area contributed by atoms with Crippen molar-refractivity contribution in [2.24, 2.45) is 0 Å². The third-order valence-electron chi connectivity index (χ3n) is 3.39. The molecule has 24 heavy (non-hydrogen) atoms. The zero-order valence-corrected chi connectivity index (χ0v) is 13.9. The first kappa shape index (κ1) is 17.6. The molecule has 0 N–H and O–H groups in total. The van der Waals surface area contributed by atoms with Crippen LogP contribution in [0.3, 0.4) is 0 Å². The fourth-order valence-corrected chi connectivity index (χ4v) is 2.08. The predicted molar refractivity (Wildman–Crippen MR) is 84.7 cm³/mol. The maximum Gasteiger partial charge on any atom is 0.325 e. The van der Waals surface area contributed by atoms with Crippen LogP contribution in [0.1, 0.15) is 26.2 Å². The molecule has 0 radical (unpaired) electrons. The molecule has 8 heteroatoms. The van der Waals surface area contributed by atoms with Gasteiger partial charge in [0.05, 0.1) is 7.11 Å². The van der Waals surface area contributed by atoms with Crippen molar-refractivity contribution >= 4 is 11.9 Å². The number of aryl methyl sites for hydroxylation is 1. The zero-order valence-electron chi connectivity index (χ0n) is 13.9. The summed E-state index contributed by atoms with van der Waals surface area (Å²) < 4.78 is 9.76. The molecule has 2 heterocycles. The van der Waals surface area contributed by atoms with Crippen LogP contribution in [0.25, 0.3) is 11.5 Å². The summed E-state index contributed by atoms with van der Waals surface area (Å²) in [5.41, 5.74) is 0.605. The molecule has 8 nitrogen and oxygen atoms in total. The molecule has 0 atom stereocenters. The largest absolute Gasteiger partial charge is 0.468 e. The quantitative estimate of drug-likeness (QED) is 0.708. The first-order valence-corrected chi connectivity index (χ1v) is 7.61. The highest BCUT2D eigenvalue weighted by molar-refractivity contribution is 5.82. The Kier molecular flexibility index (Phi) is 6.00. The van der Waals surface area contributed by atoms with Crippen LogP contribution in [0.2, 0.25) is 0 Å². The Morgan fingerprint density at radius 1 is 1.33 bits per heavy atom. The van der Waals surface area contributed by atoms with Crippen LogP contribution < -0.4 is 0 Å². The van der Waals surface area contributed by atoms with Crippen molar-refractivity contribution in [2.75, 3.05) is 13.7 Å². The molecule has 0 saturated carbocycles. The van der Waals surface area contributed by atoms with Gasteiger partial charge in [-0.25, -0.2) is 0 Å². The summed E-state index contributed by atoms with van der Waals surface area (Å²) >= 11 is 0. The van der Waals surface area contributed by atoms with Crippen LogP contribution in [0.15, 0.2) is 28.9 Å². The highest BCUT2D eigenvalue weighted by Gasteiger charge is 2.21. The van der Waals surface area contributed by atoms with Crippen LogP contribution in [0, 0.1) is 0 Å². The average Bonchev–Trinajstić information content (AvgIpc) is 3.06. The first-order valence-electron chi connectivity index (χ1n) is 7.61. The zero-order chi connectivity index (χ0) is 17.5. The molecule has 2 aromatic rings. The lowest BCUT2D eigenvalue weighted by molar-refractivity contribution is -0.148. The molecule has 0 aliphatic heterocycles. The van der Waals surface area contributed by atoms with Crippen LogP contribution in [0.4, 0.5) is 0 Å². The Hall–Kier alpha value is -2.77. The average molecular weight is 332 g/mol. The molecule has 0 aliphatic rings. The summed E-state index contributed by atoms with van der Waals surface area (Å²) in [6.45, 7) is 3.61. The molecule has 0 bridgehead atoms. The number of nitrogens with zero attached hydrogens (tertiary/aromatic N) is 4. The Balaban J connectivity index is 1.96. The van der Waals surface area contributed by atoms with E-state index in [4.69, 9.17) is 4.52 Å². The van der Waals surface area contributed by atoms with Crippen LogP contribution >= 0.6 is 0 Å².